The van der Waals surface area contributed by atoms with Crippen molar-refractivity contribution in [3.8, 4) is 0 Å². The molecule has 18 heavy (non-hydrogen) atoms. The lowest BCUT2D eigenvalue weighted by Gasteiger charge is -2.21. The molecule has 0 aromatic heterocycles. The minimum absolute atomic E-state index is 0.176. The molecule has 0 saturated heterocycles. The smallest absolute Gasteiger partial charge is 0.127 e. The Morgan fingerprint density at radius 1 is 1.39 bits per heavy atom. The summed E-state index contributed by atoms with van der Waals surface area (Å²) in [5, 5.41) is 4.08. The minimum atomic E-state index is -0.176. The van der Waals surface area contributed by atoms with Gasteiger partial charge >= 0.3 is 0 Å². The third-order valence-electron chi connectivity index (χ3n) is 4.31. The van der Waals surface area contributed by atoms with Crippen LogP contribution in [0.1, 0.15) is 38.7 Å². The molecule has 0 spiro atoms. The largest absolute Gasteiger partial charge is 0.310 e. The highest BCUT2D eigenvalue weighted by molar-refractivity contribution is 6.30. The molecule has 3 atom stereocenters. The van der Waals surface area contributed by atoms with Crippen molar-refractivity contribution < 1.29 is 4.39 Å². The van der Waals surface area contributed by atoms with Crippen LogP contribution >= 0.6 is 11.6 Å². The van der Waals surface area contributed by atoms with E-state index in [0.717, 1.165) is 5.92 Å². The van der Waals surface area contributed by atoms with E-state index in [-0.39, 0.29) is 5.82 Å². The van der Waals surface area contributed by atoms with Crippen molar-refractivity contribution in [2.45, 2.75) is 45.7 Å². The average molecular weight is 270 g/mol. The van der Waals surface area contributed by atoms with Crippen molar-refractivity contribution in [3.63, 3.8) is 0 Å². The first-order chi connectivity index (χ1) is 8.61. The van der Waals surface area contributed by atoms with Gasteiger partial charge in [-0.3, -0.25) is 0 Å². The third kappa shape index (κ3) is 3.04. The predicted molar refractivity (Wildman–Crippen MR) is 74.2 cm³/mol. The SMILES string of the molecule is CCC1CCC(NCc2cc(Cl)ccc2F)C1C. The van der Waals surface area contributed by atoms with Crippen molar-refractivity contribution in [2.75, 3.05) is 0 Å². The Kier molecular flexibility index (Phi) is 4.63. The van der Waals surface area contributed by atoms with Gasteiger partial charge in [0, 0.05) is 23.2 Å². The molecular formula is C15H21ClFN. The molecule has 1 aliphatic carbocycles. The fourth-order valence-corrected chi connectivity index (χ4v) is 3.23. The Morgan fingerprint density at radius 2 is 2.17 bits per heavy atom. The molecule has 0 bridgehead atoms. The number of hydrogen-bond acceptors (Lipinski definition) is 1. The molecule has 1 aromatic carbocycles. The van der Waals surface area contributed by atoms with Gasteiger partial charge in [-0.25, -0.2) is 4.39 Å². The Bertz CT molecular complexity index is 407. The highest BCUT2D eigenvalue weighted by Gasteiger charge is 2.30. The lowest BCUT2D eigenvalue weighted by molar-refractivity contribution is 0.343. The fourth-order valence-electron chi connectivity index (χ4n) is 3.03. The molecule has 3 unspecified atom stereocenters. The summed E-state index contributed by atoms with van der Waals surface area (Å²) in [6.07, 6.45) is 3.72. The van der Waals surface area contributed by atoms with E-state index in [9.17, 15) is 4.39 Å². The summed E-state index contributed by atoms with van der Waals surface area (Å²) in [6.45, 7) is 5.12. The van der Waals surface area contributed by atoms with Crippen LogP contribution in [0.3, 0.4) is 0 Å². The summed E-state index contributed by atoms with van der Waals surface area (Å²) in [5.41, 5.74) is 0.662. The van der Waals surface area contributed by atoms with E-state index in [0.29, 0.717) is 29.1 Å². The highest BCUT2D eigenvalue weighted by atomic mass is 35.5. The first-order valence-electron chi connectivity index (χ1n) is 6.79. The molecule has 1 N–H and O–H groups in total. The van der Waals surface area contributed by atoms with Crippen LogP contribution in [0.4, 0.5) is 4.39 Å². The van der Waals surface area contributed by atoms with E-state index in [1.165, 1.54) is 25.3 Å². The number of rotatable bonds is 4. The minimum Gasteiger partial charge on any atom is -0.310 e. The average Bonchev–Trinajstić information content (AvgIpc) is 2.71. The molecule has 3 heteroatoms. The Balaban J connectivity index is 1.94. The van der Waals surface area contributed by atoms with Crippen molar-refractivity contribution in [2.24, 2.45) is 11.8 Å². The van der Waals surface area contributed by atoms with Gasteiger partial charge in [0.1, 0.15) is 5.82 Å². The van der Waals surface area contributed by atoms with Crippen LogP contribution in [0.5, 0.6) is 0 Å². The normalized spacial score (nSPS) is 27.7. The van der Waals surface area contributed by atoms with E-state index in [4.69, 9.17) is 11.6 Å². The predicted octanol–water partition coefficient (Wildman–Crippen LogP) is 4.39. The Hall–Kier alpha value is -0.600. The second-order valence-electron chi connectivity index (χ2n) is 5.33. The summed E-state index contributed by atoms with van der Waals surface area (Å²) in [7, 11) is 0. The van der Waals surface area contributed by atoms with Gasteiger partial charge in [-0.05, 0) is 42.9 Å². The lowest BCUT2D eigenvalue weighted by atomic mass is 9.93. The van der Waals surface area contributed by atoms with E-state index >= 15 is 0 Å². The first kappa shape index (κ1) is 13.8. The molecule has 1 saturated carbocycles. The Morgan fingerprint density at radius 3 is 2.83 bits per heavy atom. The maximum absolute atomic E-state index is 13.6. The summed E-state index contributed by atoms with van der Waals surface area (Å²) in [5.74, 6) is 1.31. The zero-order valence-corrected chi connectivity index (χ0v) is 11.8. The molecule has 1 aliphatic rings. The van der Waals surface area contributed by atoms with E-state index in [2.05, 4.69) is 19.2 Å². The van der Waals surface area contributed by atoms with Crippen LogP contribution in [0.15, 0.2) is 18.2 Å². The van der Waals surface area contributed by atoms with Gasteiger partial charge < -0.3 is 5.32 Å². The molecule has 1 aromatic rings. The molecule has 2 rings (SSSR count). The third-order valence-corrected chi connectivity index (χ3v) is 4.55. The molecular weight excluding hydrogens is 249 g/mol. The number of nitrogens with one attached hydrogen (secondary N) is 1. The van der Waals surface area contributed by atoms with Gasteiger partial charge in [-0.1, -0.05) is 31.9 Å². The summed E-state index contributed by atoms with van der Waals surface area (Å²) >= 11 is 5.89. The van der Waals surface area contributed by atoms with Crippen LogP contribution in [0.2, 0.25) is 5.02 Å². The highest BCUT2D eigenvalue weighted by Crippen LogP contribution is 2.34. The molecule has 0 radical (unpaired) electrons. The maximum atomic E-state index is 13.6. The molecule has 1 nitrogen and oxygen atoms in total. The van der Waals surface area contributed by atoms with Crippen LogP contribution in [0, 0.1) is 17.7 Å². The van der Waals surface area contributed by atoms with E-state index in [1.807, 2.05) is 0 Å². The summed E-state index contributed by atoms with van der Waals surface area (Å²) < 4.78 is 13.6. The first-order valence-corrected chi connectivity index (χ1v) is 7.17. The second kappa shape index (κ2) is 6.03. The summed E-state index contributed by atoms with van der Waals surface area (Å²) in [6, 6.07) is 5.24. The standard InChI is InChI=1S/C15H21ClFN/c1-3-11-4-7-15(10(11)2)18-9-12-8-13(16)5-6-14(12)17/h5-6,8,10-11,15,18H,3-4,7,9H2,1-2H3. The maximum Gasteiger partial charge on any atom is 0.127 e. The van der Waals surface area contributed by atoms with Crippen LogP contribution in [-0.4, -0.2) is 6.04 Å². The zero-order chi connectivity index (χ0) is 13.1. The molecule has 0 aliphatic heterocycles. The van der Waals surface area contributed by atoms with E-state index < -0.39 is 0 Å². The lowest BCUT2D eigenvalue weighted by Crippen LogP contribution is -2.32. The number of hydrogen-bond donors (Lipinski definition) is 1. The molecule has 1 fully saturated rings. The van der Waals surface area contributed by atoms with Crippen molar-refractivity contribution >= 4 is 11.6 Å². The van der Waals surface area contributed by atoms with Crippen LogP contribution in [0.25, 0.3) is 0 Å². The molecule has 0 amide bonds. The van der Waals surface area contributed by atoms with Gasteiger partial charge in [0.15, 0.2) is 0 Å². The molecule has 100 valence electrons. The quantitative estimate of drug-likeness (QED) is 0.855. The van der Waals surface area contributed by atoms with Gasteiger partial charge in [0.05, 0.1) is 0 Å². The summed E-state index contributed by atoms with van der Waals surface area (Å²) in [4.78, 5) is 0. The zero-order valence-electron chi connectivity index (χ0n) is 11.0. The molecule has 0 heterocycles. The second-order valence-corrected chi connectivity index (χ2v) is 5.76. The topological polar surface area (TPSA) is 12.0 Å². The van der Waals surface area contributed by atoms with Crippen molar-refractivity contribution in [1.29, 1.82) is 0 Å². The van der Waals surface area contributed by atoms with Gasteiger partial charge in [0.25, 0.3) is 0 Å². The number of halogens is 2. The van der Waals surface area contributed by atoms with Gasteiger partial charge in [-0.15, -0.1) is 0 Å². The number of benzene rings is 1. The van der Waals surface area contributed by atoms with Crippen LogP contribution in [-0.2, 0) is 6.54 Å². The van der Waals surface area contributed by atoms with Crippen molar-refractivity contribution in [1.82, 2.24) is 5.32 Å². The monoisotopic (exact) mass is 269 g/mol. The fraction of sp³-hybridized carbons (Fsp3) is 0.600. The van der Waals surface area contributed by atoms with Gasteiger partial charge in [0.2, 0.25) is 0 Å². The van der Waals surface area contributed by atoms with E-state index in [1.54, 1.807) is 12.1 Å². The van der Waals surface area contributed by atoms with Crippen molar-refractivity contribution in [3.05, 3.63) is 34.6 Å². The Labute approximate surface area is 114 Å². The van der Waals surface area contributed by atoms with Crippen LogP contribution < -0.4 is 5.32 Å². The van der Waals surface area contributed by atoms with Gasteiger partial charge in [-0.2, -0.15) is 0 Å².